The number of sulfonamides is 1. The molecular formula is C24H36N4O5S. The minimum atomic E-state index is -3.64. The lowest BCUT2D eigenvalue weighted by Gasteiger charge is -2.26. The highest BCUT2D eigenvalue weighted by Crippen LogP contribution is 2.25. The minimum Gasteiger partial charge on any atom is -0.324 e. The maximum atomic E-state index is 12.9. The fraction of sp³-hybridized carbons (Fsp3) is 0.625. The van der Waals surface area contributed by atoms with Crippen LogP contribution in [-0.4, -0.2) is 60.6 Å². The number of rotatable bonds is 11. The lowest BCUT2D eigenvalue weighted by Crippen LogP contribution is -2.44. The summed E-state index contributed by atoms with van der Waals surface area (Å²) in [5, 5.41) is 5.35. The van der Waals surface area contributed by atoms with Gasteiger partial charge in [-0.05, 0) is 44.4 Å². The van der Waals surface area contributed by atoms with E-state index in [-0.39, 0.29) is 4.90 Å². The van der Waals surface area contributed by atoms with E-state index in [1.807, 2.05) is 0 Å². The maximum absolute atomic E-state index is 12.9. The van der Waals surface area contributed by atoms with Crippen LogP contribution in [-0.2, 0) is 19.6 Å². The molecule has 2 aliphatic rings. The van der Waals surface area contributed by atoms with E-state index < -0.39 is 40.0 Å². The summed E-state index contributed by atoms with van der Waals surface area (Å²) in [6.07, 6.45) is 8.38. The Bertz CT molecular complexity index is 1010. The molecule has 0 bridgehead atoms. The number of carbonyl (C=O) groups is 3. The number of hydrogen-bond acceptors (Lipinski definition) is 5. The van der Waals surface area contributed by atoms with Crippen LogP contribution in [0.25, 0.3) is 0 Å². The second-order valence-corrected chi connectivity index (χ2v) is 11.3. The third-order valence-electron chi connectivity index (χ3n) is 6.50. The SMILES string of the molecule is CCCCCCCC1(C)NC(=O)N(CC(=O)Nc2cccc(S(=O)(=O)N3CCCCC3)c2)C1=O. The van der Waals surface area contributed by atoms with Crippen molar-refractivity contribution in [3.05, 3.63) is 24.3 Å². The summed E-state index contributed by atoms with van der Waals surface area (Å²) in [6, 6.07) is 5.48. The minimum absolute atomic E-state index is 0.109. The molecule has 2 aliphatic heterocycles. The normalized spacial score (nSPS) is 21.5. The molecule has 0 spiro atoms. The van der Waals surface area contributed by atoms with Gasteiger partial charge in [-0.3, -0.25) is 14.5 Å². The van der Waals surface area contributed by atoms with Gasteiger partial charge in [0.2, 0.25) is 15.9 Å². The third-order valence-corrected chi connectivity index (χ3v) is 8.39. The molecule has 1 aromatic carbocycles. The number of carbonyl (C=O) groups excluding carboxylic acids is 3. The van der Waals surface area contributed by atoms with E-state index in [0.717, 1.165) is 56.3 Å². The zero-order valence-corrected chi connectivity index (χ0v) is 21.0. The summed E-state index contributed by atoms with van der Waals surface area (Å²) in [5.41, 5.74) is -0.708. The molecule has 0 saturated carbocycles. The topological polar surface area (TPSA) is 116 Å². The summed E-state index contributed by atoms with van der Waals surface area (Å²) in [5.74, 6) is -0.979. The van der Waals surface area contributed by atoms with Crippen molar-refractivity contribution in [2.45, 2.75) is 82.1 Å². The number of benzene rings is 1. The number of unbranched alkanes of at least 4 members (excludes halogenated alkanes) is 4. The predicted molar refractivity (Wildman–Crippen MR) is 130 cm³/mol. The van der Waals surface area contributed by atoms with Gasteiger partial charge in [-0.2, -0.15) is 4.31 Å². The van der Waals surface area contributed by atoms with Crippen molar-refractivity contribution in [2.75, 3.05) is 25.0 Å². The van der Waals surface area contributed by atoms with Crippen LogP contribution in [0.1, 0.15) is 71.6 Å². The maximum Gasteiger partial charge on any atom is 0.325 e. The number of nitrogens with zero attached hydrogens (tertiary/aromatic N) is 2. The molecule has 0 aliphatic carbocycles. The largest absolute Gasteiger partial charge is 0.325 e. The van der Waals surface area contributed by atoms with Crippen molar-refractivity contribution < 1.29 is 22.8 Å². The Balaban J connectivity index is 1.59. The Labute approximate surface area is 202 Å². The van der Waals surface area contributed by atoms with Crippen molar-refractivity contribution in [3.63, 3.8) is 0 Å². The number of imide groups is 1. The number of nitrogens with one attached hydrogen (secondary N) is 2. The van der Waals surface area contributed by atoms with Gasteiger partial charge in [-0.1, -0.05) is 51.5 Å². The number of anilines is 1. The average Bonchev–Trinajstić information content (AvgIpc) is 3.02. The van der Waals surface area contributed by atoms with Gasteiger partial charge < -0.3 is 10.6 Å². The molecule has 0 radical (unpaired) electrons. The lowest BCUT2D eigenvalue weighted by atomic mass is 9.94. The predicted octanol–water partition coefficient (Wildman–Crippen LogP) is 3.47. The first-order chi connectivity index (χ1) is 16.2. The van der Waals surface area contributed by atoms with E-state index in [9.17, 15) is 22.8 Å². The highest BCUT2D eigenvalue weighted by atomic mass is 32.2. The third kappa shape index (κ3) is 6.15. The fourth-order valence-electron chi connectivity index (χ4n) is 4.47. The van der Waals surface area contributed by atoms with E-state index in [2.05, 4.69) is 17.6 Å². The Morgan fingerprint density at radius 3 is 2.50 bits per heavy atom. The molecule has 1 aromatic rings. The number of urea groups is 1. The molecule has 2 heterocycles. The van der Waals surface area contributed by atoms with Gasteiger partial charge in [0.25, 0.3) is 5.91 Å². The summed E-state index contributed by atoms with van der Waals surface area (Å²) in [6.45, 7) is 4.37. The van der Waals surface area contributed by atoms with Crippen molar-refractivity contribution in [2.24, 2.45) is 0 Å². The summed E-state index contributed by atoms with van der Waals surface area (Å²) in [7, 11) is -3.64. The molecule has 2 N–H and O–H groups in total. The van der Waals surface area contributed by atoms with Gasteiger partial charge in [0, 0.05) is 18.8 Å². The Morgan fingerprint density at radius 2 is 1.79 bits per heavy atom. The van der Waals surface area contributed by atoms with Crippen LogP contribution in [0.4, 0.5) is 10.5 Å². The molecule has 2 saturated heterocycles. The summed E-state index contributed by atoms with van der Waals surface area (Å²) in [4.78, 5) is 39.0. The second-order valence-electron chi connectivity index (χ2n) is 9.36. The molecule has 10 heteroatoms. The second kappa shape index (κ2) is 11.3. The van der Waals surface area contributed by atoms with E-state index in [4.69, 9.17) is 0 Å². The smallest absolute Gasteiger partial charge is 0.324 e. The molecule has 0 aromatic heterocycles. The molecule has 1 atom stereocenters. The fourth-order valence-corrected chi connectivity index (χ4v) is 6.04. The van der Waals surface area contributed by atoms with Gasteiger partial charge in [0.1, 0.15) is 12.1 Å². The van der Waals surface area contributed by atoms with E-state index in [1.54, 1.807) is 19.1 Å². The van der Waals surface area contributed by atoms with Gasteiger partial charge >= 0.3 is 6.03 Å². The van der Waals surface area contributed by atoms with Crippen LogP contribution >= 0.6 is 0 Å². The van der Waals surface area contributed by atoms with Gasteiger partial charge in [0.15, 0.2) is 0 Å². The van der Waals surface area contributed by atoms with Crippen LogP contribution in [0.5, 0.6) is 0 Å². The molecule has 3 rings (SSSR count). The molecule has 1 unspecified atom stereocenters. The van der Waals surface area contributed by atoms with Gasteiger partial charge in [-0.25, -0.2) is 13.2 Å². The molecule has 4 amide bonds. The summed E-state index contributed by atoms with van der Waals surface area (Å²) >= 11 is 0. The first-order valence-corrected chi connectivity index (χ1v) is 13.7. The summed E-state index contributed by atoms with van der Waals surface area (Å²) < 4.78 is 27.3. The number of piperidine rings is 1. The molecule has 34 heavy (non-hydrogen) atoms. The Kier molecular flexibility index (Phi) is 8.70. The van der Waals surface area contributed by atoms with Crippen LogP contribution in [0, 0.1) is 0 Å². The standard InChI is InChI=1S/C24H36N4O5S/c1-3-4-5-6-8-14-24(2)22(30)28(23(31)26-24)18-21(29)25-19-12-11-13-20(17-19)34(32,33)27-15-9-7-10-16-27/h11-13,17H,3-10,14-16,18H2,1-2H3,(H,25,29)(H,26,31). The average molecular weight is 493 g/mol. The molecule has 188 valence electrons. The molecular weight excluding hydrogens is 456 g/mol. The highest BCUT2D eigenvalue weighted by Gasteiger charge is 2.47. The zero-order chi connectivity index (χ0) is 24.8. The highest BCUT2D eigenvalue weighted by molar-refractivity contribution is 7.89. The lowest BCUT2D eigenvalue weighted by molar-refractivity contribution is -0.133. The van der Waals surface area contributed by atoms with Crippen LogP contribution in [0.3, 0.4) is 0 Å². The Morgan fingerprint density at radius 1 is 1.09 bits per heavy atom. The van der Waals surface area contributed by atoms with Crippen molar-refractivity contribution in [1.29, 1.82) is 0 Å². The monoisotopic (exact) mass is 492 g/mol. The van der Waals surface area contributed by atoms with Crippen molar-refractivity contribution in [1.82, 2.24) is 14.5 Å². The van der Waals surface area contributed by atoms with Crippen LogP contribution in [0.2, 0.25) is 0 Å². The van der Waals surface area contributed by atoms with Gasteiger partial charge in [0.05, 0.1) is 4.90 Å². The van der Waals surface area contributed by atoms with E-state index >= 15 is 0 Å². The quantitative estimate of drug-likeness (QED) is 0.362. The van der Waals surface area contributed by atoms with Crippen molar-refractivity contribution in [3.8, 4) is 0 Å². The Hall–Kier alpha value is -2.46. The number of amides is 4. The van der Waals surface area contributed by atoms with Crippen LogP contribution in [0.15, 0.2) is 29.2 Å². The first-order valence-electron chi connectivity index (χ1n) is 12.2. The van der Waals surface area contributed by atoms with E-state index in [1.165, 1.54) is 16.4 Å². The molecule has 9 nitrogen and oxygen atoms in total. The van der Waals surface area contributed by atoms with E-state index in [0.29, 0.717) is 25.2 Å². The zero-order valence-electron chi connectivity index (χ0n) is 20.1. The van der Waals surface area contributed by atoms with Crippen molar-refractivity contribution >= 4 is 33.6 Å². The van der Waals surface area contributed by atoms with Gasteiger partial charge in [-0.15, -0.1) is 0 Å². The molecule has 2 fully saturated rings. The number of hydrogen-bond donors (Lipinski definition) is 2. The first kappa shape index (κ1) is 26.2. The van der Waals surface area contributed by atoms with Crippen LogP contribution < -0.4 is 10.6 Å².